The molecule has 1 heteroatoms. The minimum absolute atomic E-state index is 0.0150. The van der Waals surface area contributed by atoms with Gasteiger partial charge in [0.2, 0.25) is 0 Å². The Balaban J connectivity index is 1.92. The topological polar surface area (TPSA) is 20.2 Å². The zero-order chi connectivity index (χ0) is 20.7. The monoisotopic (exact) mass is 388 g/mol. The molecule has 0 fully saturated rings. The van der Waals surface area contributed by atoms with E-state index in [2.05, 4.69) is 86.7 Å². The summed E-state index contributed by atoms with van der Waals surface area (Å²) in [6, 6.07) is 31.2. The maximum Gasteiger partial charge on any atom is 0.123 e. The Labute approximate surface area is 177 Å². The Kier molecular flexibility index (Phi) is 4.33. The molecular formula is C29H24O. The van der Waals surface area contributed by atoms with Crippen molar-refractivity contribution in [1.29, 1.82) is 0 Å². The van der Waals surface area contributed by atoms with E-state index in [1.54, 1.807) is 0 Å². The molecule has 4 aromatic rings. The molecule has 146 valence electrons. The third-order valence-electron chi connectivity index (χ3n) is 6.08. The lowest BCUT2D eigenvalue weighted by atomic mass is 9.73. The number of aromatic hydroxyl groups is 1. The van der Waals surface area contributed by atoms with Gasteiger partial charge in [-0.15, -0.1) is 0 Å². The highest BCUT2D eigenvalue weighted by molar-refractivity contribution is 6.10. The molecule has 30 heavy (non-hydrogen) atoms. The highest BCUT2D eigenvalue weighted by Crippen LogP contribution is 2.44. The number of phenols is 1. The molecule has 5 rings (SSSR count). The van der Waals surface area contributed by atoms with E-state index in [0.29, 0.717) is 5.75 Å². The first-order valence-electron chi connectivity index (χ1n) is 10.4. The van der Waals surface area contributed by atoms with E-state index in [9.17, 15) is 5.11 Å². The molecule has 0 saturated carbocycles. The van der Waals surface area contributed by atoms with Crippen molar-refractivity contribution in [2.75, 3.05) is 0 Å². The van der Waals surface area contributed by atoms with Crippen molar-refractivity contribution in [2.24, 2.45) is 0 Å². The summed E-state index contributed by atoms with van der Waals surface area (Å²) in [5.41, 5.74) is 7.28. The van der Waals surface area contributed by atoms with Gasteiger partial charge in [0.1, 0.15) is 5.75 Å². The van der Waals surface area contributed by atoms with Gasteiger partial charge >= 0.3 is 0 Å². The standard InChI is InChI=1S/C29H24O/c1-29(2)19-18-25(22-13-8-9-15-26(22)29)28(20-10-4-3-5-11-20)24-16-17-27(30)23-14-7-6-12-21(23)24/h3-19,30H,1-2H3/b28-25+. The largest absolute Gasteiger partial charge is 0.507 e. The van der Waals surface area contributed by atoms with Gasteiger partial charge in [0.25, 0.3) is 0 Å². The molecule has 1 aliphatic carbocycles. The molecule has 1 aliphatic rings. The minimum Gasteiger partial charge on any atom is -0.507 e. The highest BCUT2D eigenvalue weighted by Gasteiger charge is 2.27. The molecule has 0 atom stereocenters. The van der Waals surface area contributed by atoms with E-state index in [4.69, 9.17) is 0 Å². The quantitative estimate of drug-likeness (QED) is 0.380. The van der Waals surface area contributed by atoms with Gasteiger partial charge in [0.15, 0.2) is 0 Å². The third kappa shape index (κ3) is 2.95. The van der Waals surface area contributed by atoms with Crippen LogP contribution < -0.4 is 0 Å². The molecule has 0 bridgehead atoms. The molecule has 0 aromatic heterocycles. The van der Waals surface area contributed by atoms with Crippen molar-refractivity contribution in [3.05, 3.63) is 125 Å². The SMILES string of the molecule is CC1(C)C=C/C(=C(/c2ccccc2)c2ccc(O)c3ccccc23)c2ccccc21. The van der Waals surface area contributed by atoms with Crippen LogP contribution in [-0.2, 0) is 5.41 Å². The van der Waals surface area contributed by atoms with Crippen LogP contribution in [0.3, 0.4) is 0 Å². The summed E-state index contributed by atoms with van der Waals surface area (Å²) in [7, 11) is 0. The van der Waals surface area contributed by atoms with Crippen molar-refractivity contribution in [3.8, 4) is 5.75 Å². The number of hydrogen-bond donors (Lipinski definition) is 1. The molecule has 0 saturated heterocycles. The number of rotatable bonds is 2. The van der Waals surface area contributed by atoms with Gasteiger partial charge in [-0.1, -0.05) is 111 Å². The lowest BCUT2D eigenvalue weighted by Gasteiger charge is -2.30. The van der Waals surface area contributed by atoms with Gasteiger partial charge in [-0.25, -0.2) is 0 Å². The van der Waals surface area contributed by atoms with Gasteiger partial charge in [-0.05, 0) is 44.9 Å². The Morgan fingerprint density at radius 3 is 2.17 bits per heavy atom. The first-order valence-corrected chi connectivity index (χ1v) is 10.4. The van der Waals surface area contributed by atoms with Crippen LogP contribution in [0.4, 0.5) is 0 Å². The fraction of sp³-hybridized carbons (Fsp3) is 0.103. The lowest BCUT2D eigenvalue weighted by Crippen LogP contribution is -2.19. The van der Waals surface area contributed by atoms with Crippen LogP contribution in [0.15, 0.2) is 103 Å². The summed E-state index contributed by atoms with van der Waals surface area (Å²) in [6.07, 6.45) is 4.57. The van der Waals surface area contributed by atoms with Crippen LogP contribution in [0, 0.1) is 0 Å². The van der Waals surface area contributed by atoms with E-state index >= 15 is 0 Å². The summed E-state index contributed by atoms with van der Waals surface area (Å²) in [5, 5.41) is 12.4. The van der Waals surface area contributed by atoms with Crippen molar-refractivity contribution < 1.29 is 5.11 Å². The minimum atomic E-state index is -0.0150. The zero-order valence-electron chi connectivity index (χ0n) is 17.3. The molecule has 4 aromatic carbocycles. The van der Waals surface area contributed by atoms with E-state index in [1.165, 1.54) is 27.8 Å². The van der Waals surface area contributed by atoms with Crippen LogP contribution in [0.1, 0.15) is 36.1 Å². The van der Waals surface area contributed by atoms with Gasteiger partial charge in [-0.3, -0.25) is 0 Å². The molecule has 1 N–H and O–H groups in total. The number of allylic oxidation sites excluding steroid dienone is 3. The van der Waals surface area contributed by atoms with E-state index in [-0.39, 0.29) is 5.41 Å². The summed E-state index contributed by atoms with van der Waals surface area (Å²) in [4.78, 5) is 0. The van der Waals surface area contributed by atoms with Gasteiger partial charge < -0.3 is 5.11 Å². The Morgan fingerprint density at radius 2 is 1.37 bits per heavy atom. The highest BCUT2D eigenvalue weighted by atomic mass is 16.3. The molecule has 0 amide bonds. The predicted molar refractivity (Wildman–Crippen MR) is 127 cm³/mol. The second-order valence-electron chi connectivity index (χ2n) is 8.43. The van der Waals surface area contributed by atoms with Gasteiger partial charge in [0, 0.05) is 10.8 Å². The van der Waals surface area contributed by atoms with Crippen LogP contribution in [-0.4, -0.2) is 5.11 Å². The average molecular weight is 389 g/mol. The van der Waals surface area contributed by atoms with Crippen LogP contribution in [0.5, 0.6) is 5.75 Å². The van der Waals surface area contributed by atoms with Crippen molar-refractivity contribution in [1.82, 2.24) is 0 Å². The van der Waals surface area contributed by atoms with Crippen molar-refractivity contribution in [2.45, 2.75) is 19.3 Å². The summed E-state index contributed by atoms with van der Waals surface area (Å²) in [5.74, 6) is 0.312. The maximum absolute atomic E-state index is 10.5. The summed E-state index contributed by atoms with van der Waals surface area (Å²) < 4.78 is 0. The molecule has 0 spiro atoms. The Morgan fingerprint density at radius 1 is 0.700 bits per heavy atom. The van der Waals surface area contributed by atoms with Gasteiger partial charge in [-0.2, -0.15) is 0 Å². The van der Waals surface area contributed by atoms with Crippen LogP contribution >= 0.6 is 0 Å². The number of fused-ring (bicyclic) bond motifs is 2. The second-order valence-corrected chi connectivity index (χ2v) is 8.43. The van der Waals surface area contributed by atoms with E-state index in [1.807, 2.05) is 30.3 Å². The fourth-order valence-electron chi connectivity index (χ4n) is 4.53. The van der Waals surface area contributed by atoms with Crippen molar-refractivity contribution >= 4 is 21.9 Å². The molecule has 1 nitrogen and oxygen atoms in total. The zero-order valence-corrected chi connectivity index (χ0v) is 17.3. The fourth-order valence-corrected chi connectivity index (χ4v) is 4.53. The van der Waals surface area contributed by atoms with E-state index in [0.717, 1.165) is 16.3 Å². The summed E-state index contributed by atoms with van der Waals surface area (Å²) >= 11 is 0. The molecule has 0 aliphatic heterocycles. The van der Waals surface area contributed by atoms with Gasteiger partial charge in [0.05, 0.1) is 0 Å². The summed E-state index contributed by atoms with van der Waals surface area (Å²) in [6.45, 7) is 4.52. The number of phenolic OH excluding ortho intramolecular Hbond substituents is 1. The average Bonchev–Trinajstić information content (AvgIpc) is 2.78. The third-order valence-corrected chi connectivity index (χ3v) is 6.08. The van der Waals surface area contributed by atoms with Crippen molar-refractivity contribution in [3.63, 3.8) is 0 Å². The van der Waals surface area contributed by atoms with Crippen LogP contribution in [0.2, 0.25) is 0 Å². The predicted octanol–water partition coefficient (Wildman–Crippen LogP) is 7.35. The number of hydrogen-bond acceptors (Lipinski definition) is 1. The molecular weight excluding hydrogens is 364 g/mol. The Bertz CT molecular complexity index is 1310. The lowest BCUT2D eigenvalue weighted by molar-refractivity contribution is 0.481. The van der Waals surface area contributed by atoms with E-state index < -0.39 is 0 Å². The smallest absolute Gasteiger partial charge is 0.123 e. The maximum atomic E-state index is 10.5. The molecule has 0 radical (unpaired) electrons. The first kappa shape index (κ1) is 18.4. The number of benzene rings is 4. The second kappa shape index (κ2) is 7.03. The first-order chi connectivity index (χ1) is 14.6. The van der Waals surface area contributed by atoms with Crippen LogP contribution in [0.25, 0.3) is 21.9 Å². The molecule has 0 unspecified atom stereocenters. The molecule has 0 heterocycles. The normalized spacial score (nSPS) is 16.3. The Hall–Kier alpha value is -3.58.